The summed E-state index contributed by atoms with van der Waals surface area (Å²) >= 11 is 6.00. The van der Waals surface area contributed by atoms with Gasteiger partial charge in [0.05, 0.1) is 6.04 Å². The lowest BCUT2D eigenvalue weighted by molar-refractivity contribution is 0.679. The molecular weight excluding hydrogens is 280 g/mol. The van der Waals surface area contributed by atoms with Crippen LogP contribution in [0.5, 0.6) is 0 Å². The molecule has 1 saturated carbocycles. The molecule has 1 aliphatic rings. The number of anilines is 2. The number of halogens is 1. The van der Waals surface area contributed by atoms with Crippen LogP contribution in [0.4, 0.5) is 11.4 Å². The van der Waals surface area contributed by atoms with Gasteiger partial charge in [0.25, 0.3) is 0 Å². The van der Waals surface area contributed by atoms with Crippen molar-refractivity contribution in [3.8, 4) is 0 Å². The summed E-state index contributed by atoms with van der Waals surface area (Å²) in [5, 5.41) is 4.50. The fourth-order valence-corrected chi connectivity index (χ4v) is 2.75. The maximum absolute atomic E-state index is 6.00. The van der Waals surface area contributed by atoms with Crippen molar-refractivity contribution in [2.45, 2.75) is 18.9 Å². The minimum atomic E-state index is 0.375. The molecule has 1 fully saturated rings. The molecule has 3 rings (SSSR count). The summed E-state index contributed by atoms with van der Waals surface area (Å²) < 4.78 is 0. The molecule has 1 aliphatic carbocycles. The van der Waals surface area contributed by atoms with Crippen LogP contribution in [-0.2, 0) is 0 Å². The highest BCUT2D eigenvalue weighted by atomic mass is 35.5. The van der Waals surface area contributed by atoms with Gasteiger partial charge in [0.15, 0.2) is 0 Å². The fourth-order valence-electron chi connectivity index (χ4n) is 2.63. The molecular formula is C18H21ClN2. The SMILES string of the molecule is CN(C)c1cccc(NC(c2ccc(Cl)cc2)C2CC2)c1. The minimum Gasteiger partial charge on any atom is -0.378 e. The third-order valence-corrected chi connectivity index (χ3v) is 4.26. The van der Waals surface area contributed by atoms with Gasteiger partial charge in [-0.25, -0.2) is 0 Å². The summed E-state index contributed by atoms with van der Waals surface area (Å²) in [6.45, 7) is 0. The van der Waals surface area contributed by atoms with Gasteiger partial charge in [0, 0.05) is 30.5 Å². The van der Waals surface area contributed by atoms with E-state index in [-0.39, 0.29) is 0 Å². The van der Waals surface area contributed by atoms with Crippen LogP contribution in [0.25, 0.3) is 0 Å². The van der Waals surface area contributed by atoms with E-state index in [9.17, 15) is 0 Å². The lowest BCUT2D eigenvalue weighted by atomic mass is 10.0. The Bertz CT molecular complexity index is 603. The van der Waals surface area contributed by atoms with Crippen LogP contribution in [0.15, 0.2) is 48.5 Å². The van der Waals surface area contributed by atoms with E-state index in [2.05, 4.69) is 60.7 Å². The van der Waals surface area contributed by atoms with Crippen LogP contribution in [0.1, 0.15) is 24.4 Å². The smallest absolute Gasteiger partial charge is 0.0542 e. The van der Waals surface area contributed by atoms with Crippen LogP contribution in [0.2, 0.25) is 5.02 Å². The average Bonchev–Trinajstić information content (AvgIpc) is 3.31. The highest BCUT2D eigenvalue weighted by Crippen LogP contribution is 2.43. The third-order valence-electron chi connectivity index (χ3n) is 4.01. The van der Waals surface area contributed by atoms with E-state index >= 15 is 0 Å². The standard InChI is InChI=1S/C18H21ClN2/c1-21(2)17-5-3-4-16(12-17)20-18(13-6-7-13)14-8-10-15(19)11-9-14/h3-5,8-13,18,20H,6-7H2,1-2H3. The van der Waals surface area contributed by atoms with Crippen molar-refractivity contribution in [1.82, 2.24) is 0 Å². The van der Waals surface area contributed by atoms with Crippen molar-refractivity contribution in [2.24, 2.45) is 5.92 Å². The van der Waals surface area contributed by atoms with E-state index in [1.54, 1.807) is 0 Å². The lowest BCUT2D eigenvalue weighted by Gasteiger charge is -2.22. The quantitative estimate of drug-likeness (QED) is 0.838. The zero-order valence-electron chi connectivity index (χ0n) is 12.5. The van der Waals surface area contributed by atoms with E-state index < -0.39 is 0 Å². The summed E-state index contributed by atoms with van der Waals surface area (Å²) in [4.78, 5) is 2.12. The molecule has 2 aromatic rings. The number of rotatable bonds is 5. The number of nitrogens with one attached hydrogen (secondary N) is 1. The molecule has 1 N–H and O–H groups in total. The second kappa shape index (κ2) is 5.98. The van der Waals surface area contributed by atoms with Gasteiger partial charge in [0.1, 0.15) is 0 Å². The highest BCUT2D eigenvalue weighted by molar-refractivity contribution is 6.30. The minimum absolute atomic E-state index is 0.375. The molecule has 0 radical (unpaired) electrons. The zero-order valence-corrected chi connectivity index (χ0v) is 13.3. The molecule has 21 heavy (non-hydrogen) atoms. The molecule has 0 aromatic heterocycles. The van der Waals surface area contributed by atoms with Crippen molar-refractivity contribution in [2.75, 3.05) is 24.3 Å². The van der Waals surface area contributed by atoms with Crippen molar-refractivity contribution in [3.63, 3.8) is 0 Å². The molecule has 0 heterocycles. The van der Waals surface area contributed by atoms with Crippen LogP contribution in [-0.4, -0.2) is 14.1 Å². The van der Waals surface area contributed by atoms with Crippen molar-refractivity contribution in [3.05, 3.63) is 59.1 Å². The summed E-state index contributed by atoms with van der Waals surface area (Å²) in [7, 11) is 4.13. The van der Waals surface area contributed by atoms with Gasteiger partial charge in [-0.15, -0.1) is 0 Å². The van der Waals surface area contributed by atoms with Gasteiger partial charge >= 0.3 is 0 Å². The van der Waals surface area contributed by atoms with Crippen molar-refractivity contribution in [1.29, 1.82) is 0 Å². The number of hydrogen-bond donors (Lipinski definition) is 1. The average molecular weight is 301 g/mol. The van der Waals surface area contributed by atoms with Crippen LogP contribution < -0.4 is 10.2 Å². The summed E-state index contributed by atoms with van der Waals surface area (Å²) in [5.41, 5.74) is 3.70. The molecule has 0 saturated heterocycles. The molecule has 110 valence electrons. The first-order chi connectivity index (χ1) is 10.1. The van der Waals surface area contributed by atoms with Gasteiger partial charge in [0.2, 0.25) is 0 Å². The molecule has 3 heteroatoms. The first-order valence-corrected chi connectivity index (χ1v) is 7.80. The zero-order chi connectivity index (χ0) is 14.8. The Morgan fingerprint density at radius 2 is 1.81 bits per heavy atom. The monoisotopic (exact) mass is 300 g/mol. The summed E-state index contributed by atoms with van der Waals surface area (Å²) in [6, 6.07) is 17.2. The first kappa shape index (κ1) is 14.3. The van der Waals surface area contributed by atoms with Gasteiger partial charge in [-0.2, -0.15) is 0 Å². The maximum atomic E-state index is 6.00. The lowest BCUT2D eigenvalue weighted by Crippen LogP contribution is -2.14. The predicted molar refractivity (Wildman–Crippen MR) is 91.3 cm³/mol. The van der Waals surface area contributed by atoms with Gasteiger partial charge in [-0.05, 0) is 54.7 Å². The maximum Gasteiger partial charge on any atom is 0.0542 e. The van der Waals surface area contributed by atoms with E-state index in [0.717, 1.165) is 10.9 Å². The van der Waals surface area contributed by atoms with Gasteiger partial charge in [-0.1, -0.05) is 29.8 Å². The normalized spacial score (nSPS) is 15.6. The Kier molecular flexibility index (Phi) is 4.07. The van der Waals surface area contributed by atoms with E-state index in [0.29, 0.717) is 6.04 Å². The second-order valence-corrected chi connectivity index (χ2v) is 6.39. The first-order valence-electron chi connectivity index (χ1n) is 7.43. The number of hydrogen-bond acceptors (Lipinski definition) is 2. The highest BCUT2D eigenvalue weighted by Gasteiger charge is 2.32. The largest absolute Gasteiger partial charge is 0.378 e. The third kappa shape index (κ3) is 3.51. The van der Waals surface area contributed by atoms with Crippen LogP contribution >= 0.6 is 11.6 Å². The second-order valence-electron chi connectivity index (χ2n) is 5.96. The molecule has 1 unspecified atom stereocenters. The van der Waals surface area contributed by atoms with Crippen molar-refractivity contribution < 1.29 is 0 Å². The molecule has 0 bridgehead atoms. The number of benzene rings is 2. The Hall–Kier alpha value is -1.67. The Morgan fingerprint density at radius 1 is 1.10 bits per heavy atom. The van der Waals surface area contributed by atoms with E-state index in [4.69, 9.17) is 11.6 Å². The van der Waals surface area contributed by atoms with E-state index in [1.807, 2.05) is 12.1 Å². The van der Waals surface area contributed by atoms with Gasteiger partial charge < -0.3 is 10.2 Å². The Morgan fingerprint density at radius 3 is 2.43 bits per heavy atom. The molecule has 2 nitrogen and oxygen atoms in total. The van der Waals surface area contributed by atoms with Crippen LogP contribution in [0, 0.1) is 5.92 Å². The van der Waals surface area contributed by atoms with Crippen molar-refractivity contribution >= 4 is 23.0 Å². The Balaban J connectivity index is 1.82. The molecule has 0 spiro atoms. The summed E-state index contributed by atoms with van der Waals surface area (Å²) in [6.07, 6.45) is 2.60. The van der Waals surface area contributed by atoms with Gasteiger partial charge in [-0.3, -0.25) is 0 Å². The van der Waals surface area contributed by atoms with E-state index in [1.165, 1.54) is 29.8 Å². The Labute approximate surface area is 131 Å². The fraction of sp³-hybridized carbons (Fsp3) is 0.333. The topological polar surface area (TPSA) is 15.3 Å². The molecule has 0 amide bonds. The molecule has 2 aromatic carbocycles. The molecule has 1 atom stereocenters. The van der Waals surface area contributed by atoms with Crippen LogP contribution in [0.3, 0.4) is 0 Å². The molecule has 0 aliphatic heterocycles. The summed E-state index contributed by atoms with van der Waals surface area (Å²) in [5.74, 6) is 0.731. The predicted octanol–water partition coefficient (Wildman–Crippen LogP) is 4.97. The number of nitrogens with zero attached hydrogens (tertiary/aromatic N) is 1.